The summed E-state index contributed by atoms with van der Waals surface area (Å²) in [5.74, 6) is 0.431. The van der Waals surface area contributed by atoms with Crippen LogP contribution in [0.4, 0.5) is 14.5 Å². The molecule has 0 spiro atoms. The number of para-hydroxylation sites is 1. The molecule has 0 N–H and O–H groups in total. The Morgan fingerprint density at radius 2 is 1.95 bits per heavy atom. The minimum atomic E-state index is -2.57. The molecule has 0 unspecified atom stereocenters. The molecule has 1 aliphatic rings. The molecular formula is C15H16F2N2O. The Labute approximate surface area is 115 Å². The minimum Gasteiger partial charge on any atom is -0.459 e. The zero-order chi connectivity index (χ0) is 14.1. The van der Waals surface area contributed by atoms with Gasteiger partial charge in [-0.2, -0.15) is 0 Å². The van der Waals surface area contributed by atoms with Gasteiger partial charge in [-0.05, 0) is 31.9 Å². The Bertz CT molecular complexity index is 642. The largest absolute Gasteiger partial charge is 0.459 e. The van der Waals surface area contributed by atoms with Crippen molar-refractivity contribution < 1.29 is 13.2 Å². The average Bonchev–Trinajstić information content (AvgIpc) is 3.03. The van der Waals surface area contributed by atoms with Crippen LogP contribution >= 0.6 is 0 Å². The van der Waals surface area contributed by atoms with Gasteiger partial charge in [0.05, 0.1) is 0 Å². The highest BCUT2D eigenvalue weighted by atomic mass is 19.3. The Balaban J connectivity index is 2.08. The predicted molar refractivity (Wildman–Crippen MR) is 74.9 cm³/mol. The molecule has 3 nitrogen and oxygen atoms in total. The summed E-state index contributed by atoms with van der Waals surface area (Å²) in [7, 11) is 0. The van der Waals surface area contributed by atoms with Gasteiger partial charge in [0.2, 0.25) is 0 Å². The smallest absolute Gasteiger partial charge is 0.295 e. The number of rotatable bonds is 2. The third-order valence-corrected chi connectivity index (χ3v) is 3.59. The van der Waals surface area contributed by atoms with Crippen LogP contribution in [0.15, 0.2) is 33.7 Å². The van der Waals surface area contributed by atoms with Gasteiger partial charge in [0.1, 0.15) is 17.0 Å². The van der Waals surface area contributed by atoms with Gasteiger partial charge < -0.3 is 9.32 Å². The van der Waals surface area contributed by atoms with E-state index in [1.54, 1.807) is 11.8 Å². The van der Waals surface area contributed by atoms with Gasteiger partial charge in [-0.1, -0.05) is 12.1 Å². The quantitative estimate of drug-likeness (QED) is 0.610. The van der Waals surface area contributed by atoms with Crippen molar-refractivity contribution >= 4 is 22.5 Å². The van der Waals surface area contributed by atoms with Crippen molar-refractivity contribution in [1.82, 2.24) is 4.90 Å². The number of likely N-dealkylation sites (tertiary alicyclic amines) is 1. The molecule has 106 valence electrons. The van der Waals surface area contributed by atoms with Crippen LogP contribution in [-0.4, -0.2) is 30.3 Å². The Morgan fingerprint density at radius 3 is 2.65 bits per heavy atom. The molecule has 20 heavy (non-hydrogen) atoms. The topological polar surface area (TPSA) is 28.7 Å². The van der Waals surface area contributed by atoms with Gasteiger partial charge in [0, 0.05) is 18.5 Å². The fourth-order valence-electron chi connectivity index (χ4n) is 2.61. The Morgan fingerprint density at radius 1 is 1.25 bits per heavy atom. The van der Waals surface area contributed by atoms with Gasteiger partial charge in [-0.3, -0.25) is 0 Å². The molecular weight excluding hydrogens is 262 g/mol. The molecule has 2 aromatic rings. The van der Waals surface area contributed by atoms with E-state index in [-0.39, 0.29) is 5.84 Å². The maximum atomic E-state index is 13.3. The van der Waals surface area contributed by atoms with E-state index in [0.717, 1.165) is 18.2 Å². The molecule has 2 heterocycles. The first kappa shape index (κ1) is 13.1. The third kappa shape index (κ3) is 2.28. The number of hydrogen-bond acceptors (Lipinski definition) is 2. The first-order valence-electron chi connectivity index (χ1n) is 6.76. The van der Waals surface area contributed by atoms with Crippen LogP contribution < -0.4 is 0 Å². The lowest BCUT2D eigenvalue weighted by atomic mass is 10.2. The van der Waals surface area contributed by atoms with E-state index in [4.69, 9.17) is 4.42 Å². The minimum absolute atomic E-state index is 0.142. The number of benzene rings is 1. The van der Waals surface area contributed by atoms with Gasteiger partial charge >= 0.3 is 0 Å². The van der Waals surface area contributed by atoms with Crippen molar-refractivity contribution in [3.63, 3.8) is 0 Å². The lowest BCUT2D eigenvalue weighted by Crippen LogP contribution is -2.33. The number of amidine groups is 1. The highest BCUT2D eigenvalue weighted by Gasteiger charge is 2.25. The average molecular weight is 278 g/mol. The van der Waals surface area contributed by atoms with Crippen LogP contribution in [0.1, 0.15) is 18.6 Å². The standard InChI is InChI=1S/C15H16F2N2O/c1-10-13(11-6-2-3-7-12(11)20-10)18-15(14(16)17)19-8-4-5-9-19/h2-3,6-7,14H,4-5,8-9H2,1H3. The molecule has 1 aromatic heterocycles. The maximum Gasteiger partial charge on any atom is 0.295 e. The molecule has 0 aliphatic carbocycles. The lowest BCUT2D eigenvalue weighted by Gasteiger charge is -2.19. The van der Waals surface area contributed by atoms with Crippen molar-refractivity contribution in [2.75, 3.05) is 13.1 Å². The fraction of sp³-hybridized carbons (Fsp3) is 0.400. The van der Waals surface area contributed by atoms with Gasteiger partial charge in [-0.15, -0.1) is 0 Å². The molecule has 0 bridgehead atoms. The number of furan rings is 1. The number of halogens is 2. The molecule has 0 radical (unpaired) electrons. The summed E-state index contributed by atoms with van der Waals surface area (Å²) in [6.45, 7) is 3.06. The molecule has 1 aromatic carbocycles. The second-order valence-corrected chi connectivity index (χ2v) is 4.97. The van der Waals surface area contributed by atoms with E-state index < -0.39 is 6.43 Å². The summed E-state index contributed by atoms with van der Waals surface area (Å²) in [6, 6.07) is 7.37. The highest BCUT2D eigenvalue weighted by molar-refractivity contribution is 5.96. The number of hydrogen-bond donors (Lipinski definition) is 0. The number of aryl methyl sites for hydroxylation is 1. The van der Waals surface area contributed by atoms with Crippen molar-refractivity contribution in [2.45, 2.75) is 26.2 Å². The monoisotopic (exact) mass is 278 g/mol. The first-order valence-corrected chi connectivity index (χ1v) is 6.76. The van der Waals surface area contributed by atoms with E-state index >= 15 is 0 Å². The second kappa shape index (κ2) is 5.23. The van der Waals surface area contributed by atoms with Gasteiger partial charge in [-0.25, -0.2) is 13.8 Å². The summed E-state index contributed by atoms with van der Waals surface area (Å²) >= 11 is 0. The van der Waals surface area contributed by atoms with Crippen LogP contribution in [0.2, 0.25) is 0 Å². The van der Waals surface area contributed by atoms with E-state index in [1.807, 2.05) is 24.3 Å². The van der Waals surface area contributed by atoms with Gasteiger partial charge in [0.25, 0.3) is 6.43 Å². The zero-order valence-corrected chi connectivity index (χ0v) is 11.3. The summed E-state index contributed by atoms with van der Waals surface area (Å²) in [5.41, 5.74) is 1.20. The van der Waals surface area contributed by atoms with Crippen LogP contribution in [0.25, 0.3) is 11.0 Å². The number of alkyl halides is 2. The van der Waals surface area contributed by atoms with Crippen molar-refractivity contribution in [1.29, 1.82) is 0 Å². The molecule has 1 fully saturated rings. The van der Waals surface area contributed by atoms with Gasteiger partial charge in [0.15, 0.2) is 5.84 Å². The molecule has 0 atom stereocenters. The third-order valence-electron chi connectivity index (χ3n) is 3.59. The summed E-state index contributed by atoms with van der Waals surface area (Å²) in [5, 5.41) is 0.780. The lowest BCUT2D eigenvalue weighted by molar-refractivity contribution is 0.205. The number of nitrogens with zero attached hydrogens (tertiary/aromatic N) is 2. The maximum absolute atomic E-state index is 13.3. The summed E-state index contributed by atoms with van der Waals surface area (Å²) in [4.78, 5) is 5.90. The Hall–Kier alpha value is -1.91. The Kier molecular flexibility index (Phi) is 3.42. The fourth-order valence-corrected chi connectivity index (χ4v) is 2.61. The molecule has 3 rings (SSSR count). The van der Waals surface area contributed by atoms with Crippen LogP contribution in [0.5, 0.6) is 0 Å². The second-order valence-electron chi connectivity index (χ2n) is 4.97. The molecule has 1 saturated heterocycles. The van der Waals surface area contributed by atoms with Crippen LogP contribution in [0.3, 0.4) is 0 Å². The molecule has 5 heteroatoms. The summed E-state index contributed by atoms with van der Waals surface area (Å²) < 4.78 is 32.1. The number of aliphatic imine (C=N–C) groups is 1. The van der Waals surface area contributed by atoms with Crippen LogP contribution in [-0.2, 0) is 0 Å². The summed E-state index contributed by atoms with van der Waals surface area (Å²) in [6.07, 6.45) is -0.686. The molecule has 1 aliphatic heterocycles. The van der Waals surface area contributed by atoms with E-state index in [0.29, 0.717) is 30.1 Å². The van der Waals surface area contributed by atoms with Crippen molar-refractivity contribution in [3.05, 3.63) is 30.0 Å². The van der Waals surface area contributed by atoms with Crippen LogP contribution in [0, 0.1) is 6.92 Å². The number of fused-ring (bicyclic) bond motifs is 1. The van der Waals surface area contributed by atoms with E-state index in [9.17, 15) is 8.78 Å². The first-order chi connectivity index (χ1) is 9.66. The van der Waals surface area contributed by atoms with Crippen molar-refractivity contribution in [2.24, 2.45) is 4.99 Å². The SMILES string of the molecule is Cc1oc2ccccc2c1N=C(C(F)F)N1CCCC1. The normalized spacial score (nSPS) is 16.6. The zero-order valence-electron chi connectivity index (χ0n) is 11.3. The molecule has 0 amide bonds. The molecule has 0 saturated carbocycles. The van der Waals surface area contributed by atoms with Crippen molar-refractivity contribution in [3.8, 4) is 0 Å². The van der Waals surface area contributed by atoms with E-state index in [1.165, 1.54) is 0 Å². The predicted octanol–water partition coefficient (Wildman–Crippen LogP) is 4.13. The highest BCUT2D eigenvalue weighted by Crippen LogP contribution is 2.33. The van der Waals surface area contributed by atoms with E-state index in [2.05, 4.69) is 4.99 Å².